The summed E-state index contributed by atoms with van der Waals surface area (Å²) in [4.78, 5) is 23.1. The molecule has 0 unspecified atom stereocenters. The molecular formula is C17H22O3. The molecule has 0 heterocycles. The number of carboxylic acids is 1. The lowest BCUT2D eigenvalue weighted by atomic mass is 9.69. The third-order valence-corrected chi connectivity index (χ3v) is 4.38. The van der Waals surface area contributed by atoms with Gasteiger partial charge in [-0.3, -0.25) is 9.59 Å². The molecule has 20 heavy (non-hydrogen) atoms. The van der Waals surface area contributed by atoms with E-state index in [0.717, 1.165) is 37.7 Å². The topological polar surface area (TPSA) is 54.4 Å². The van der Waals surface area contributed by atoms with Gasteiger partial charge in [-0.25, -0.2) is 0 Å². The number of benzene rings is 1. The number of rotatable bonds is 6. The van der Waals surface area contributed by atoms with Gasteiger partial charge in [0.1, 0.15) is 0 Å². The van der Waals surface area contributed by atoms with Crippen molar-refractivity contribution in [2.45, 2.75) is 51.9 Å². The fraction of sp³-hybridized carbons (Fsp3) is 0.529. The second-order valence-corrected chi connectivity index (χ2v) is 6.00. The van der Waals surface area contributed by atoms with Crippen molar-refractivity contribution in [3.05, 3.63) is 35.4 Å². The summed E-state index contributed by atoms with van der Waals surface area (Å²) in [6.07, 6.45) is 5.48. The molecule has 2 rings (SSSR count). The van der Waals surface area contributed by atoms with Crippen molar-refractivity contribution in [3.8, 4) is 0 Å². The minimum Gasteiger partial charge on any atom is -0.481 e. The summed E-state index contributed by atoms with van der Waals surface area (Å²) in [6, 6.07) is 7.88. The van der Waals surface area contributed by atoms with Gasteiger partial charge in [0.2, 0.25) is 0 Å². The lowest BCUT2D eigenvalue weighted by Gasteiger charge is -2.33. The van der Waals surface area contributed by atoms with E-state index in [0.29, 0.717) is 6.42 Å². The summed E-state index contributed by atoms with van der Waals surface area (Å²) in [6.45, 7) is 2.06. The zero-order valence-electron chi connectivity index (χ0n) is 12.0. The zero-order chi connectivity index (χ0) is 14.6. The molecule has 0 aromatic heterocycles. The van der Waals surface area contributed by atoms with Crippen LogP contribution < -0.4 is 0 Å². The van der Waals surface area contributed by atoms with Gasteiger partial charge in [-0.2, -0.15) is 0 Å². The molecule has 3 heteroatoms. The lowest BCUT2D eigenvalue weighted by molar-refractivity contribution is -0.137. The highest BCUT2D eigenvalue weighted by Gasteiger charge is 2.37. The number of hydrogen-bond acceptors (Lipinski definition) is 2. The van der Waals surface area contributed by atoms with Crippen LogP contribution in [0.25, 0.3) is 0 Å². The van der Waals surface area contributed by atoms with Gasteiger partial charge < -0.3 is 5.11 Å². The first-order chi connectivity index (χ1) is 9.53. The van der Waals surface area contributed by atoms with E-state index in [9.17, 15) is 9.59 Å². The van der Waals surface area contributed by atoms with Crippen molar-refractivity contribution in [2.75, 3.05) is 0 Å². The molecule has 1 aromatic rings. The third-order valence-electron chi connectivity index (χ3n) is 4.38. The Bertz CT molecular complexity index is 507. The molecule has 108 valence electrons. The SMILES string of the molecule is C[C@@]1(CCCCCC(=O)O)CCc2ccccc2C1=O. The van der Waals surface area contributed by atoms with Gasteiger partial charge in [0, 0.05) is 17.4 Å². The minimum atomic E-state index is -0.737. The standard InChI is InChI=1S/C17H22O3/c1-17(11-6-2-3-9-15(18)19)12-10-13-7-4-5-8-14(13)16(17)20/h4-5,7-8H,2-3,6,9-12H2,1H3,(H,18,19)/t17-/m1/s1. The first-order valence-electron chi connectivity index (χ1n) is 7.37. The van der Waals surface area contributed by atoms with E-state index in [-0.39, 0.29) is 17.6 Å². The Balaban J connectivity index is 1.92. The molecule has 0 amide bonds. The predicted octanol–water partition coefficient (Wildman–Crippen LogP) is 3.86. The number of Topliss-reactive ketones (excluding diaryl/α,β-unsaturated/α-hetero) is 1. The van der Waals surface area contributed by atoms with Crippen LogP contribution in [0, 0.1) is 5.41 Å². The van der Waals surface area contributed by atoms with E-state index in [2.05, 4.69) is 6.92 Å². The smallest absolute Gasteiger partial charge is 0.303 e. The first-order valence-corrected chi connectivity index (χ1v) is 7.37. The number of hydrogen-bond donors (Lipinski definition) is 1. The number of aryl methyl sites for hydroxylation is 1. The Morgan fingerprint density at radius 2 is 2.00 bits per heavy atom. The van der Waals surface area contributed by atoms with E-state index in [4.69, 9.17) is 5.11 Å². The summed E-state index contributed by atoms with van der Waals surface area (Å²) in [7, 11) is 0. The van der Waals surface area contributed by atoms with Crippen molar-refractivity contribution in [1.82, 2.24) is 0 Å². The van der Waals surface area contributed by atoms with Gasteiger partial charge in [0.05, 0.1) is 0 Å². The highest BCUT2D eigenvalue weighted by Crippen LogP contribution is 2.39. The van der Waals surface area contributed by atoms with Crippen LogP contribution in [-0.4, -0.2) is 16.9 Å². The molecule has 1 aromatic carbocycles. The Hall–Kier alpha value is -1.64. The maximum atomic E-state index is 12.6. The van der Waals surface area contributed by atoms with E-state index in [1.807, 2.05) is 24.3 Å². The fourth-order valence-electron chi connectivity index (χ4n) is 3.02. The van der Waals surface area contributed by atoms with Crippen LogP contribution in [0.5, 0.6) is 0 Å². The summed E-state index contributed by atoms with van der Waals surface area (Å²) >= 11 is 0. The zero-order valence-corrected chi connectivity index (χ0v) is 12.0. The second kappa shape index (κ2) is 6.21. The van der Waals surface area contributed by atoms with Crippen LogP contribution in [0.1, 0.15) is 61.4 Å². The van der Waals surface area contributed by atoms with Crippen LogP contribution >= 0.6 is 0 Å². The second-order valence-electron chi connectivity index (χ2n) is 6.00. The van der Waals surface area contributed by atoms with Crippen LogP contribution in [0.15, 0.2) is 24.3 Å². The Labute approximate surface area is 120 Å². The Kier molecular flexibility index (Phi) is 4.58. The number of fused-ring (bicyclic) bond motifs is 1. The Morgan fingerprint density at radius 1 is 1.25 bits per heavy atom. The highest BCUT2D eigenvalue weighted by molar-refractivity contribution is 6.02. The van der Waals surface area contributed by atoms with Crippen molar-refractivity contribution >= 4 is 11.8 Å². The monoisotopic (exact) mass is 274 g/mol. The molecule has 1 N–H and O–H groups in total. The maximum absolute atomic E-state index is 12.6. The van der Waals surface area contributed by atoms with Gasteiger partial charge in [-0.1, -0.05) is 44.0 Å². The van der Waals surface area contributed by atoms with Gasteiger partial charge >= 0.3 is 5.97 Å². The summed E-state index contributed by atoms with van der Waals surface area (Å²) in [5, 5.41) is 8.61. The molecular weight excluding hydrogens is 252 g/mol. The molecule has 0 spiro atoms. The summed E-state index contributed by atoms with van der Waals surface area (Å²) in [5.41, 5.74) is 1.78. The van der Waals surface area contributed by atoms with E-state index >= 15 is 0 Å². The van der Waals surface area contributed by atoms with Gasteiger partial charge in [-0.05, 0) is 31.2 Å². The number of carbonyl (C=O) groups excluding carboxylic acids is 1. The van der Waals surface area contributed by atoms with E-state index in [1.54, 1.807) is 0 Å². The first kappa shape index (κ1) is 14.8. The van der Waals surface area contributed by atoms with Crippen LogP contribution in [0.3, 0.4) is 0 Å². The van der Waals surface area contributed by atoms with Crippen molar-refractivity contribution in [2.24, 2.45) is 5.41 Å². The van der Waals surface area contributed by atoms with Crippen LogP contribution in [0.2, 0.25) is 0 Å². The van der Waals surface area contributed by atoms with Crippen LogP contribution in [0.4, 0.5) is 0 Å². The predicted molar refractivity (Wildman–Crippen MR) is 77.9 cm³/mol. The number of unbranched alkanes of at least 4 members (excludes halogenated alkanes) is 2. The molecule has 0 radical (unpaired) electrons. The molecule has 0 saturated carbocycles. The number of carboxylic acid groups (broad SMARTS) is 1. The van der Waals surface area contributed by atoms with Crippen molar-refractivity contribution in [1.29, 1.82) is 0 Å². The van der Waals surface area contributed by atoms with Gasteiger partial charge in [0.15, 0.2) is 5.78 Å². The van der Waals surface area contributed by atoms with E-state index in [1.165, 1.54) is 5.56 Å². The largest absolute Gasteiger partial charge is 0.481 e. The number of carbonyl (C=O) groups is 2. The molecule has 0 saturated heterocycles. The van der Waals surface area contributed by atoms with Crippen LogP contribution in [-0.2, 0) is 11.2 Å². The Morgan fingerprint density at radius 3 is 2.75 bits per heavy atom. The highest BCUT2D eigenvalue weighted by atomic mass is 16.4. The molecule has 1 atom stereocenters. The third kappa shape index (κ3) is 3.27. The fourth-order valence-corrected chi connectivity index (χ4v) is 3.02. The lowest BCUT2D eigenvalue weighted by Crippen LogP contribution is -2.33. The molecule has 3 nitrogen and oxygen atoms in total. The van der Waals surface area contributed by atoms with Gasteiger partial charge in [0.25, 0.3) is 0 Å². The number of aliphatic carboxylic acids is 1. The number of ketones is 1. The maximum Gasteiger partial charge on any atom is 0.303 e. The van der Waals surface area contributed by atoms with Crippen molar-refractivity contribution in [3.63, 3.8) is 0 Å². The quantitative estimate of drug-likeness (QED) is 0.801. The molecule has 1 aliphatic rings. The van der Waals surface area contributed by atoms with Gasteiger partial charge in [-0.15, -0.1) is 0 Å². The normalized spacial score (nSPS) is 21.6. The summed E-state index contributed by atoms with van der Waals surface area (Å²) in [5.74, 6) is -0.475. The average Bonchev–Trinajstić information content (AvgIpc) is 2.43. The minimum absolute atomic E-state index is 0.230. The van der Waals surface area contributed by atoms with Crippen molar-refractivity contribution < 1.29 is 14.7 Å². The molecule has 0 aliphatic heterocycles. The molecule has 1 aliphatic carbocycles. The summed E-state index contributed by atoms with van der Waals surface area (Å²) < 4.78 is 0. The molecule has 0 fully saturated rings. The molecule has 0 bridgehead atoms. The average molecular weight is 274 g/mol. The van der Waals surface area contributed by atoms with E-state index < -0.39 is 5.97 Å².